The van der Waals surface area contributed by atoms with Crippen molar-refractivity contribution in [3.05, 3.63) is 82.1 Å². The molecule has 2 aromatic heterocycles. The molecule has 0 spiro atoms. The molecule has 4 aromatic rings. The molecule has 2 aromatic carbocycles. The smallest absolute Gasteiger partial charge is 0.326 e. The number of hydrogen-bond donors (Lipinski definition) is 5. The molecule has 0 fully saturated rings. The van der Waals surface area contributed by atoms with Crippen LogP contribution in [0.3, 0.4) is 0 Å². The number of rotatable bonds is 15. The van der Waals surface area contributed by atoms with Gasteiger partial charge in [-0.05, 0) is 77.9 Å². The number of imidazole rings is 1. The third-order valence-corrected chi connectivity index (χ3v) is 10.1. The van der Waals surface area contributed by atoms with Crippen LogP contribution in [0.2, 0.25) is 0 Å². The third-order valence-electron chi connectivity index (χ3n) is 7.83. The molecule has 1 aliphatic rings. The second kappa shape index (κ2) is 14.7. The maximum atomic E-state index is 13.9. The molecule has 7 N–H and O–H groups in total. The Balaban J connectivity index is 1.37. The predicted octanol–water partition coefficient (Wildman–Crippen LogP) is 3.30. The molecule has 0 aliphatic carbocycles. The van der Waals surface area contributed by atoms with Gasteiger partial charge in [0.05, 0.1) is 18.6 Å². The number of aliphatic carboxylic acids is 1. The van der Waals surface area contributed by atoms with Crippen molar-refractivity contribution in [3.8, 4) is 16.9 Å². The first-order chi connectivity index (χ1) is 22.5. The molecule has 5 rings (SSSR count). The van der Waals surface area contributed by atoms with E-state index in [1.54, 1.807) is 17.8 Å². The number of amides is 1. The summed E-state index contributed by atoms with van der Waals surface area (Å²) in [6, 6.07) is 11.8. The van der Waals surface area contributed by atoms with E-state index in [0.717, 1.165) is 58.5 Å². The number of aliphatic imine (C=N–C) groups is 1. The van der Waals surface area contributed by atoms with Gasteiger partial charge in [0.2, 0.25) is 0 Å². The Hall–Kier alpha value is -4.89. The van der Waals surface area contributed by atoms with Gasteiger partial charge in [0.15, 0.2) is 5.96 Å². The van der Waals surface area contributed by atoms with Crippen LogP contribution in [0.5, 0.6) is 5.75 Å². The van der Waals surface area contributed by atoms with Crippen molar-refractivity contribution in [1.29, 1.82) is 0 Å². The van der Waals surface area contributed by atoms with Gasteiger partial charge in [-0.3, -0.25) is 14.5 Å². The van der Waals surface area contributed by atoms with E-state index >= 15 is 0 Å². The first-order valence-corrected chi connectivity index (χ1v) is 17.4. The third kappa shape index (κ3) is 8.10. The van der Waals surface area contributed by atoms with Gasteiger partial charge in [0, 0.05) is 31.9 Å². The van der Waals surface area contributed by atoms with Gasteiger partial charge < -0.3 is 31.2 Å². The van der Waals surface area contributed by atoms with Crippen molar-refractivity contribution in [2.45, 2.75) is 49.5 Å². The van der Waals surface area contributed by atoms with E-state index in [4.69, 9.17) is 16.2 Å². The summed E-state index contributed by atoms with van der Waals surface area (Å²) in [6.45, 7) is 0.548. The highest BCUT2D eigenvalue weighted by Crippen LogP contribution is 2.39. The molecule has 248 valence electrons. The normalized spacial score (nSPS) is 13.0. The summed E-state index contributed by atoms with van der Waals surface area (Å²) in [5, 5.41) is 13.7. The van der Waals surface area contributed by atoms with E-state index < -0.39 is 27.9 Å². The Morgan fingerprint density at radius 1 is 1.17 bits per heavy atom. The summed E-state index contributed by atoms with van der Waals surface area (Å²) in [7, 11) is -2.27. The minimum absolute atomic E-state index is 0.0246. The number of aromatic nitrogens is 2. The van der Waals surface area contributed by atoms with Gasteiger partial charge in [0.1, 0.15) is 21.6 Å². The van der Waals surface area contributed by atoms with E-state index in [0.29, 0.717) is 19.4 Å². The molecule has 47 heavy (non-hydrogen) atoms. The van der Waals surface area contributed by atoms with Crippen LogP contribution in [0, 0.1) is 0 Å². The van der Waals surface area contributed by atoms with Crippen LogP contribution in [0.4, 0.5) is 5.69 Å². The standard InChI is InChI=1S/C32H37N7O6S2/c1-39-19-35-18-23(39)8-4-7-20-6-2-3-9-24(20)22-16-21-11-14-45-28(21)27(17-22)47(43,44)38-25-12-15-46-29(25)30(40)37-26(31(41)42)10-5-13-36-32(33)34/h2-3,6,9,12,15-19,26,38H,4-5,7-8,10-11,13-14H2,1H3,(H,37,40)(H,41,42)(H4,33,34,36)/t26-/m0/s1. The Morgan fingerprint density at radius 2 is 1.98 bits per heavy atom. The number of nitrogens with two attached hydrogens (primary N) is 2. The fraction of sp³-hybridized carbons (Fsp3) is 0.312. The van der Waals surface area contributed by atoms with E-state index in [1.807, 2.05) is 42.1 Å². The molecule has 0 saturated heterocycles. The average Bonchev–Trinajstić information content (AvgIpc) is 3.79. The molecule has 13 nitrogen and oxygen atoms in total. The summed E-state index contributed by atoms with van der Waals surface area (Å²) in [6.07, 6.45) is 7.12. The quantitative estimate of drug-likeness (QED) is 0.0709. The van der Waals surface area contributed by atoms with Gasteiger partial charge in [-0.25, -0.2) is 18.2 Å². The highest BCUT2D eigenvalue weighted by atomic mass is 32.2. The van der Waals surface area contributed by atoms with Crippen LogP contribution in [0.1, 0.15) is 45.8 Å². The van der Waals surface area contributed by atoms with Crippen LogP contribution in [-0.4, -0.2) is 60.1 Å². The lowest BCUT2D eigenvalue weighted by atomic mass is 9.94. The van der Waals surface area contributed by atoms with Gasteiger partial charge in [0.25, 0.3) is 15.9 Å². The molecule has 0 saturated carbocycles. The highest BCUT2D eigenvalue weighted by molar-refractivity contribution is 7.92. The number of carboxylic acid groups (broad SMARTS) is 1. The summed E-state index contributed by atoms with van der Waals surface area (Å²) < 4.78 is 38.2. The zero-order valence-electron chi connectivity index (χ0n) is 25.8. The number of carbonyl (C=O) groups excluding carboxylic acids is 1. The minimum atomic E-state index is -4.24. The van der Waals surface area contributed by atoms with Crippen molar-refractivity contribution >= 4 is 44.9 Å². The van der Waals surface area contributed by atoms with Gasteiger partial charge in [-0.1, -0.05) is 24.3 Å². The number of nitrogens with one attached hydrogen (secondary N) is 2. The fourth-order valence-corrected chi connectivity index (χ4v) is 7.59. The Bertz CT molecular complexity index is 1900. The van der Waals surface area contributed by atoms with Crippen LogP contribution in [-0.2, 0) is 41.1 Å². The monoisotopic (exact) mass is 679 g/mol. The molecule has 3 heterocycles. The Kier molecular flexibility index (Phi) is 10.5. The lowest BCUT2D eigenvalue weighted by Crippen LogP contribution is -2.40. The molecule has 1 aliphatic heterocycles. The number of aryl methyl sites for hydroxylation is 3. The number of fused-ring (bicyclic) bond motifs is 1. The zero-order chi connectivity index (χ0) is 33.6. The van der Waals surface area contributed by atoms with Crippen LogP contribution >= 0.6 is 11.3 Å². The van der Waals surface area contributed by atoms with Gasteiger partial charge in [-0.15, -0.1) is 11.3 Å². The number of ether oxygens (including phenoxy) is 1. The molecule has 0 radical (unpaired) electrons. The molecule has 0 unspecified atom stereocenters. The van der Waals surface area contributed by atoms with E-state index in [1.165, 1.54) is 6.07 Å². The minimum Gasteiger partial charge on any atom is -0.492 e. The lowest BCUT2D eigenvalue weighted by Gasteiger charge is -2.16. The first-order valence-electron chi connectivity index (χ1n) is 15.1. The highest BCUT2D eigenvalue weighted by Gasteiger charge is 2.30. The van der Waals surface area contributed by atoms with Gasteiger partial charge >= 0.3 is 5.97 Å². The number of guanidine groups is 1. The number of thiophene rings is 1. The van der Waals surface area contributed by atoms with Crippen molar-refractivity contribution in [2.24, 2.45) is 23.5 Å². The number of sulfonamides is 1. The van der Waals surface area contributed by atoms with Crippen LogP contribution in [0.15, 0.2) is 70.3 Å². The largest absolute Gasteiger partial charge is 0.492 e. The predicted molar refractivity (Wildman–Crippen MR) is 180 cm³/mol. The number of carboxylic acids is 1. The van der Waals surface area contributed by atoms with Crippen molar-refractivity contribution < 1.29 is 27.9 Å². The molecule has 1 atom stereocenters. The molecular weight excluding hydrogens is 643 g/mol. The average molecular weight is 680 g/mol. The number of carbonyl (C=O) groups is 2. The second-order valence-corrected chi connectivity index (χ2v) is 13.7. The number of anilines is 1. The topological polar surface area (TPSA) is 204 Å². The fourth-order valence-electron chi connectivity index (χ4n) is 5.48. The van der Waals surface area contributed by atoms with Crippen LogP contribution < -0.4 is 26.2 Å². The van der Waals surface area contributed by atoms with Gasteiger partial charge in [-0.2, -0.15) is 0 Å². The SMILES string of the molecule is Cn1cncc1CCCc1ccccc1-c1cc2c(c(S(=O)(=O)Nc3ccsc3C(=O)N[C@@H](CCCN=C(N)N)C(=O)O)c1)OCC2. The zero-order valence-corrected chi connectivity index (χ0v) is 27.4. The molecular formula is C32H37N7O6S2. The summed E-state index contributed by atoms with van der Waals surface area (Å²) in [5.41, 5.74) is 15.3. The number of benzene rings is 2. The van der Waals surface area contributed by atoms with Crippen LogP contribution in [0.25, 0.3) is 11.1 Å². The maximum Gasteiger partial charge on any atom is 0.326 e. The van der Waals surface area contributed by atoms with Crippen molar-refractivity contribution in [3.63, 3.8) is 0 Å². The summed E-state index contributed by atoms with van der Waals surface area (Å²) >= 11 is 0.991. The second-order valence-electron chi connectivity index (χ2n) is 11.1. The van der Waals surface area contributed by atoms with Crippen molar-refractivity contribution in [1.82, 2.24) is 14.9 Å². The summed E-state index contributed by atoms with van der Waals surface area (Å²) in [5.74, 6) is -1.78. The lowest BCUT2D eigenvalue weighted by molar-refractivity contribution is -0.139. The number of nitrogens with zero attached hydrogens (tertiary/aromatic N) is 3. The Morgan fingerprint density at radius 3 is 2.72 bits per heavy atom. The first kappa shape index (κ1) is 33.5. The Labute approximate surface area is 276 Å². The molecule has 1 amide bonds. The molecule has 0 bridgehead atoms. The molecule has 15 heteroatoms. The summed E-state index contributed by atoms with van der Waals surface area (Å²) in [4.78, 5) is 33.0. The van der Waals surface area contributed by atoms with E-state index in [9.17, 15) is 23.1 Å². The number of hydrogen-bond acceptors (Lipinski definition) is 8. The maximum absolute atomic E-state index is 13.9. The van der Waals surface area contributed by atoms with Crippen molar-refractivity contribution in [2.75, 3.05) is 17.9 Å². The van der Waals surface area contributed by atoms with E-state index in [-0.39, 0.29) is 40.1 Å². The van der Waals surface area contributed by atoms with E-state index in [2.05, 4.69) is 26.1 Å².